The SMILES string of the molecule is CCCn1nccc1-c1cccc(F)c1C#N. The van der Waals surface area contributed by atoms with Crippen LogP contribution in [0.2, 0.25) is 0 Å². The number of nitriles is 1. The second kappa shape index (κ2) is 4.79. The second-order valence-corrected chi connectivity index (χ2v) is 3.71. The van der Waals surface area contributed by atoms with Gasteiger partial charge in [0.15, 0.2) is 0 Å². The van der Waals surface area contributed by atoms with Crippen LogP contribution in [0.1, 0.15) is 18.9 Å². The van der Waals surface area contributed by atoms with E-state index in [9.17, 15) is 4.39 Å². The third-order valence-electron chi connectivity index (χ3n) is 2.55. The lowest BCUT2D eigenvalue weighted by Crippen LogP contribution is -2.02. The molecule has 4 heteroatoms. The van der Waals surface area contributed by atoms with Gasteiger partial charge in [-0.3, -0.25) is 4.68 Å². The van der Waals surface area contributed by atoms with E-state index in [0.717, 1.165) is 18.7 Å². The number of aromatic nitrogens is 2. The third-order valence-corrected chi connectivity index (χ3v) is 2.55. The van der Waals surface area contributed by atoms with E-state index in [1.165, 1.54) is 6.07 Å². The van der Waals surface area contributed by atoms with E-state index in [0.29, 0.717) is 5.56 Å². The van der Waals surface area contributed by atoms with Gasteiger partial charge in [0.05, 0.1) is 11.3 Å². The van der Waals surface area contributed by atoms with E-state index in [2.05, 4.69) is 5.10 Å². The Hall–Kier alpha value is -2.15. The van der Waals surface area contributed by atoms with Crippen LogP contribution in [0.4, 0.5) is 4.39 Å². The lowest BCUT2D eigenvalue weighted by molar-refractivity contribution is 0.606. The lowest BCUT2D eigenvalue weighted by atomic mass is 10.0. The molecule has 0 aliphatic rings. The highest BCUT2D eigenvalue weighted by molar-refractivity contribution is 5.67. The van der Waals surface area contributed by atoms with E-state index in [1.807, 2.05) is 13.0 Å². The van der Waals surface area contributed by atoms with Crippen LogP contribution in [-0.4, -0.2) is 9.78 Å². The summed E-state index contributed by atoms with van der Waals surface area (Å²) < 4.78 is 15.3. The van der Waals surface area contributed by atoms with Gasteiger partial charge in [0.2, 0.25) is 0 Å². The van der Waals surface area contributed by atoms with Gasteiger partial charge >= 0.3 is 0 Å². The molecule has 17 heavy (non-hydrogen) atoms. The van der Waals surface area contributed by atoms with Crippen LogP contribution < -0.4 is 0 Å². The van der Waals surface area contributed by atoms with Crippen LogP contribution in [0, 0.1) is 17.1 Å². The Morgan fingerprint density at radius 1 is 1.41 bits per heavy atom. The predicted molar refractivity (Wildman–Crippen MR) is 62.6 cm³/mol. The standard InChI is InChI=1S/C13H12FN3/c1-2-8-17-13(6-7-16-17)10-4-3-5-12(14)11(10)9-15/h3-7H,2,8H2,1H3. The zero-order chi connectivity index (χ0) is 12.3. The molecular formula is C13H12FN3. The number of rotatable bonds is 3. The summed E-state index contributed by atoms with van der Waals surface area (Å²) in [4.78, 5) is 0. The van der Waals surface area contributed by atoms with Crippen molar-refractivity contribution in [3.05, 3.63) is 41.8 Å². The fourth-order valence-corrected chi connectivity index (χ4v) is 1.80. The molecule has 1 aromatic heterocycles. The number of nitrogens with zero attached hydrogens (tertiary/aromatic N) is 3. The fourth-order valence-electron chi connectivity index (χ4n) is 1.80. The quantitative estimate of drug-likeness (QED) is 0.811. The first kappa shape index (κ1) is 11.3. The average molecular weight is 229 g/mol. The summed E-state index contributed by atoms with van der Waals surface area (Å²) in [5, 5.41) is 13.2. The highest BCUT2D eigenvalue weighted by Crippen LogP contribution is 2.25. The minimum Gasteiger partial charge on any atom is -0.265 e. The summed E-state index contributed by atoms with van der Waals surface area (Å²) in [7, 11) is 0. The molecule has 3 nitrogen and oxygen atoms in total. The van der Waals surface area contributed by atoms with Crippen molar-refractivity contribution in [3.63, 3.8) is 0 Å². The van der Waals surface area contributed by atoms with Crippen LogP contribution in [0.15, 0.2) is 30.5 Å². The number of hydrogen-bond acceptors (Lipinski definition) is 2. The predicted octanol–water partition coefficient (Wildman–Crippen LogP) is 2.97. The minimum atomic E-state index is -0.491. The topological polar surface area (TPSA) is 41.6 Å². The highest BCUT2D eigenvalue weighted by atomic mass is 19.1. The van der Waals surface area contributed by atoms with Gasteiger partial charge in [0.1, 0.15) is 11.9 Å². The largest absolute Gasteiger partial charge is 0.265 e. The van der Waals surface area contributed by atoms with Gasteiger partial charge in [-0.25, -0.2) is 4.39 Å². The van der Waals surface area contributed by atoms with Crippen LogP contribution in [-0.2, 0) is 6.54 Å². The van der Waals surface area contributed by atoms with Crippen LogP contribution >= 0.6 is 0 Å². The average Bonchev–Trinajstić information content (AvgIpc) is 2.77. The van der Waals surface area contributed by atoms with Crippen molar-refractivity contribution in [2.24, 2.45) is 0 Å². The van der Waals surface area contributed by atoms with E-state index in [4.69, 9.17) is 5.26 Å². The Morgan fingerprint density at radius 3 is 2.94 bits per heavy atom. The molecule has 0 radical (unpaired) electrons. The third kappa shape index (κ3) is 2.04. The molecule has 0 spiro atoms. The molecule has 0 atom stereocenters. The van der Waals surface area contributed by atoms with E-state index in [-0.39, 0.29) is 5.56 Å². The lowest BCUT2D eigenvalue weighted by Gasteiger charge is -2.08. The molecule has 0 aliphatic carbocycles. The van der Waals surface area contributed by atoms with Crippen molar-refractivity contribution >= 4 is 0 Å². The highest BCUT2D eigenvalue weighted by Gasteiger charge is 2.12. The molecule has 0 saturated heterocycles. The molecule has 2 rings (SSSR count). The zero-order valence-corrected chi connectivity index (χ0v) is 9.52. The number of hydrogen-bond donors (Lipinski definition) is 0. The summed E-state index contributed by atoms with van der Waals surface area (Å²) in [5.74, 6) is -0.491. The van der Waals surface area contributed by atoms with Crippen molar-refractivity contribution in [3.8, 4) is 17.3 Å². The van der Waals surface area contributed by atoms with Crippen molar-refractivity contribution in [2.45, 2.75) is 19.9 Å². The van der Waals surface area contributed by atoms with Crippen molar-refractivity contribution < 1.29 is 4.39 Å². The van der Waals surface area contributed by atoms with Crippen molar-refractivity contribution in [1.29, 1.82) is 5.26 Å². The first-order chi connectivity index (χ1) is 8.27. The minimum absolute atomic E-state index is 0.0744. The Labute approximate surface area is 99.1 Å². The maximum Gasteiger partial charge on any atom is 0.141 e. The van der Waals surface area contributed by atoms with Crippen LogP contribution in [0.3, 0.4) is 0 Å². The van der Waals surface area contributed by atoms with Crippen LogP contribution in [0.5, 0.6) is 0 Å². The van der Waals surface area contributed by atoms with Crippen molar-refractivity contribution in [2.75, 3.05) is 0 Å². The van der Waals surface area contributed by atoms with E-state index in [1.54, 1.807) is 29.1 Å². The van der Waals surface area contributed by atoms with Gasteiger partial charge in [-0.1, -0.05) is 19.1 Å². The molecule has 2 aromatic rings. The first-order valence-corrected chi connectivity index (χ1v) is 5.48. The van der Waals surface area contributed by atoms with E-state index < -0.39 is 5.82 Å². The molecular weight excluding hydrogens is 217 g/mol. The second-order valence-electron chi connectivity index (χ2n) is 3.71. The molecule has 0 saturated carbocycles. The molecule has 0 N–H and O–H groups in total. The molecule has 0 amide bonds. The monoisotopic (exact) mass is 229 g/mol. The smallest absolute Gasteiger partial charge is 0.141 e. The molecule has 0 unspecified atom stereocenters. The number of halogens is 1. The Morgan fingerprint density at radius 2 is 2.24 bits per heavy atom. The van der Waals surface area contributed by atoms with E-state index >= 15 is 0 Å². The summed E-state index contributed by atoms with van der Waals surface area (Å²) in [5.41, 5.74) is 1.45. The molecule has 86 valence electrons. The molecule has 1 heterocycles. The van der Waals surface area contributed by atoms with Gasteiger partial charge in [0.25, 0.3) is 0 Å². The zero-order valence-electron chi connectivity index (χ0n) is 9.52. The van der Waals surface area contributed by atoms with Gasteiger partial charge in [-0.15, -0.1) is 0 Å². The Bertz CT molecular complexity index is 566. The Balaban J connectivity index is 2.57. The molecule has 0 fully saturated rings. The maximum absolute atomic E-state index is 13.5. The van der Waals surface area contributed by atoms with Gasteiger partial charge < -0.3 is 0 Å². The van der Waals surface area contributed by atoms with Gasteiger partial charge in [0, 0.05) is 18.3 Å². The first-order valence-electron chi connectivity index (χ1n) is 5.48. The van der Waals surface area contributed by atoms with Gasteiger partial charge in [-0.2, -0.15) is 10.4 Å². The Kier molecular flexibility index (Phi) is 3.20. The summed E-state index contributed by atoms with van der Waals surface area (Å²) in [6.07, 6.45) is 2.60. The summed E-state index contributed by atoms with van der Waals surface area (Å²) in [6.45, 7) is 2.80. The van der Waals surface area contributed by atoms with Crippen LogP contribution in [0.25, 0.3) is 11.3 Å². The number of benzene rings is 1. The fraction of sp³-hybridized carbons (Fsp3) is 0.231. The maximum atomic E-state index is 13.5. The van der Waals surface area contributed by atoms with Gasteiger partial charge in [-0.05, 0) is 18.6 Å². The number of aryl methyl sites for hydroxylation is 1. The molecule has 0 aliphatic heterocycles. The molecule has 0 bridgehead atoms. The van der Waals surface area contributed by atoms with Crippen molar-refractivity contribution in [1.82, 2.24) is 9.78 Å². The summed E-state index contributed by atoms with van der Waals surface area (Å²) in [6, 6.07) is 8.34. The summed E-state index contributed by atoms with van der Waals surface area (Å²) >= 11 is 0. The molecule has 1 aromatic carbocycles. The normalized spacial score (nSPS) is 10.2.